The fourth-order valence-electron chi connectivity index (χ4n) is 3.07. The fraction of sp³-hybridized carbons (Fsp3) is 0.533. The number of aryl methyl sites for hydroxylation is 1. The molecule has 100 valence electrons. The third-order valence-corrected chi connectivity index (χ3v) is 4.38. The van der Waals surface area contributed by atoms with Crippen molar-refractivity contribution in [3.8, 4) is 6.07 Å². The number of hydrogen-bond acceptors (Lipinski definition) is 3. The lowest BCUT2D eigenvalue weighted by Gasteiger charge is -2.25. The molecule has 0 bridgehead atoms. The summed E-state index contributed by atoms with van der Waals surface area (Å²) in [5, 5.41) is 13.8. The topological polar surface area (TPSA) is 45.0 Å². The molecule has 0 saturated carbocycles. The van der Waals surface area contributed by atoms with E-state index in [2.05, 4.69) is 11.4 Å². The Hall–Kier alpha value is -1.08. The van der Waals surface area contributed by atoms with Crippen LogP contribution in [0, 0.1) is 11.3 Å². The number of fused-ring (bicyclic) bond motifs is 1. The molecule has 19 heavy (non-hydrogen) atoms. The summed E-state index contributed by atoms with van der Waals surface area (Å²) in [6, 6.07) is 8.29. The van der Waals surface area contributed by atoms with Crippen LogP contribution < -0.4 is 5.32 Å². The quantitative estimate of drug-likeness (QED) is 0.923. The minimum Gasteiger partial charge on any atom is -0.377 e. The molecule has 2 atom stereocenters. The summed E-state index contributed by atoms with van der Waals surface area (Å²) in [4.78, 5) is 0. The van der Waals surface area contributed by atoms with Gasteiger partial charge < -0.3 is 4.74 Å². The maximum Gasteiger partial charge on any atom is 0.132 e. The molecule has 1 heterocycles. The summed E-state index contributed by atoms with van der Waals surface area (Å²) in [5.74, 6) is 0. The van der Waals surface area contributed by atoms with Crippen molar-refractivity contribution in [1.29, 1.82) is 5.26 Å². The van der Waals surface area contributed by atoms with Gasteiger partial charge in [-0.25, -0.2) is 0 Å². The van der Waals surface area contributed by atoms with Crippen LogP contribution in [-0.4, -0.2) is 19.3 Å². The Morgan fingerprint density at radius 3 is 3.16 bits per heavy atom. The van der Waals surface area contributed by atoms with Crippen LogP contribution >= 0.6 is 11.6 Å². The number of ether oxygens (including phenoxy) is 1. The Morgan fingerprint density at radius 1 is 1.53 bits per heavy atom. The standard InChI is InChI=1S/C15H17ClN2O/c16-12-3-4-14-11(8-12)5-6-15(14,10-17)18-9-13-2-1-7-19-13/h3-4,8,13,18H,1-2,5-7,9H2. The van der Waals surface area contributed by atoms with Crippen molar-refractivity contribution in [3.05, 3.63) is 34.3 Å². The van der Waals surface area contributed by atoms with Gasteiger partial charge in [-0.2, -0.15) is 5.26 Å². The van der Waals surface area contributed by atoms with Crippen molar-refractivity contribution in [3.63, 3.8) is 0 Å². The van der Waals surface area contributed by atoms with Gasteiger partial charge in [0.2, 0.25) is 0 Å². The summed E-state index contributed by atoms with van der Waals surface area (Å²) >= 11 is 6.02. The average molecular weight is 277 g/mol. The van der Waals surface area contributed by atoms with Gasteiger partial charge in [0.1, 0.15) is 5.54 Å². The minimum atomic E-state index is -0.564. The lowest BCUT2D eigenvalue weighted by molar-refractivity contribution is 0.104. The van der Waals surface area contributed by atoms with Crippen molar-refractivity contribution < 1.29 is 4.74 Å². The van der Waals surface area contributed by atoms with Crippen LogP contribution in [0.4, 0.5) is 0 Å². The molecule has 3 nitrogen and oxygen atoms in total. The number of nitriles is 1. The molecule has 1 N–H and O–H groups in total. The zero-order valence-corrected chi connectivity index (χ0v) is 11.5. The largest absolute Gasteiger partial charge is 0.377 e. The normalized spacial score (nSPS) is 29.2. The zero-order chi connectivity index (χ0) is 13.3. The van der Waals surface area contributed by atoms with Crippen molar-refractivity contribution in [2.24, 2.45) is 0 Å². The first-order valence-electron chi connectivity index (χ1n) is 6.80. The summed E-state index contributed by atoms with van der Waals surface area (Å²) in [6.07, 6.45) is 4.18. The molecule has 0 amide bonds. The zero-order valence-electron chi connectivity index (χ0n) is 10.8. The van der Waals surface area contributed by atoms with Crippen molar-refractivity contribution in [2.45, 2.75) is 37.3 Å². The summed E-state index contributed by atoms with van der Waals surface area (Å²) < 4.78 is 5.62. The van der Waals surface area contributed by atoms with Crippen molar-refractivity contribution >= 4 is 11.6 Å². The molecule has 0 aromatic heterocycles. The van der Waals surface area contributed by atoms with E-state index in [1.54, 1.807) is 0 Å². The summed E-state index contributed by atoms with van der Waals surface area (Å²) in [5.41, 5.74) is 1.71. The van der Waals surface area contributed by atoms with Crippen LogP contribution in [0.3, 0.4) is 0 Å². The summed E-state index contributed by atoms with van der Waals surface area (Å²) in [6.45, 7) is 1.59. The molecule has 0 spiro atoms. The highest BCUT2D eigenvalue weighted by molar-refractivity contribution is 6.30. The molecule has 1 aliphatic carbocycles. The molecule has 1 aromatic rings. The van der Waals surface area contributed by atoms with Crippen molar-refractivity contribution in [2.75, 3.05) is 13.2 Å². The van der Waals surface area contributed by atoms with Crippen LogP contribution in [0.15, 0.2) is 18.2 Å². The number of nitrogens with zero attached hydrogens (tertiary/aromatic N) is 1. The molecule has 1 aromatic carbocycles. The van der Waals surface area contributed by atoms with E-state index < -0.39 is 5.54 Å². The number of rotatable bonds is 3. The smallest absolute Gasteiger partial charge is 0.132 e. The Bertz CT molecular complexity index is 519. The van der Waals surface area contributed by atoms with Gasteiger partial charge in [0.15, 0.2) is 0 Å². The molecule has 2 unspecified atom stereocenters. The lowest BCUT2D eigenvalue weighted by atomic mass is 9.93. The van der Waals surface area contributed by atoms with E-state index in [9.17, 15) is 5.26 Å². The van der Waals surface area contributed by atoms with Crippen LogP contribution in [0.5, 0.6) is 0 Å². The van der Waals surface area contributed by atoms with Crippen LogP contribution in [0.25, 0.3) is 0 Å². The molecular weight excluding hydrogens is 260 g/mol. The monoisotopic (exact) mass is 276 g/mol. The Morgan fingerprint density at radius 2 is 2.42 bits per heavy atom. The number of hydrogen-bond donors (Lipinski definition) is 1. The first-order chi connectivity index (χ1) is 9.23. The first-order valence-corrected chi connectivity index (χ1v) is 7.18. The Balaban J connectivity index is 1.80. The average Bonchev–Trinajstić information content (AvgIpc) is 3.04. The summed E-state index contributed by atoms with van der Waals surface area (Å²) in [7, 11) is 0. The molecule has 2 aliphatic rings. The number of nitrogens with one attached hydrogen (secondary N) is 1. The second-order valence-electron chi connectivity index (χ2n) is 5.33. The molecule has 1 saturated heterocycles. The van der Waals surface area contributed by atoms with Gasteiger partial charge in [-0.05, 0) is 48.9 Å². The molecule has 1 fully saturated rings. The number of halogens is 1. The van der Waals surface area contributed by atoms with E-state index >= 15 is 0 Å². The minimum absolute atomic E-state index is 0.251. The second-order valence-corrected chi connectivity index (χ2v) is 5.77. The van der Waals surface area contributed by atoms with Gasteiger partial charge in [-0.3, -0.25) is 5.32 Å². The van der Waals surface area contributed by atoms with E-state index in [0.717, 1.165) is 49.4 Å². The van der Waals surface area contributed by atoms with E-state index in [-0.39, 0.29) is 6.10 Å². The molecule has 0 radical (unpaired) electrons. The van der Waals surface area contributed by atoms with Crippen LogP contribution in [-0.2, 0) is 16.7 Å². The van der Waals surface area contributed by atoms with Crippen LogP contribution in [0.1, 0.15) is 30.4 Å². The lowest BCUT2D eigenvalue weighted by Crippen LogP contribution is -2.43. The van der Waals surface area contributed by atoms with Gasteiger partial charge in [0, 0.05) is 18.2 Å². The van der Waals surface area contributed by atoms with Gasteiger partial charge in [-0.15, -0.1) is 0 Å². The third kappa shape index (κ3) is 2.36. The fourth-order valence-corrected chi connectivity index (χ4v) is 3.27. The van der Waals surface area contributed by atoms with Gasteiger partial charge in [-0.1, -0.05) is 17.7 Å². The highest BCUT2D eigenvalue weighted by Gasteiger charge is 2.39. The second kappa shape index (κ2) is 5.13. The van der Waals surface area contributed by atoms with Crippen molar-refractivity contribution in [1.82, 2.24) is 5.32 Å². The van der Waals surface area contributed by atoms with Gasteiger partial charge in [0.25, 0.3) is 0 Å². The van der Waals surface area contributed by atoms with E-state index in [4.69, 9.17) is 16.3 Å². The highest BCUT2D eigenvalue weighted by Crippen LogP contribution is 2.37. The third-order valence-electron chi connectivity index (χ3n) is 4.14. The maximum atomic E-state index is 9.62. The Kier molecular flexibility index (Phi) is 3.49. The predicted octanol–water partition coefficient (Wildman–Crippen LogP) is 2.77. The number of benzene rings is 1. The molecule has 1 aliphatic heterocycles. The molecular formula is C15H17ClN2O. The Labute approximate surface area is 118 Å². The maximum absolute atomic E-state index is 9.62. The van der Waals surface area contributed by atoms with E-state index in [1.807, 2.05) is 18.2 Å². The highest BCUT2D eigenvalue weighted by atomic mass is 35.5. The predicted molar refractivity (Wildman–Crippen MR) is 74.0 cm³/mol. The molecule has 4 heteroatoms. The SMILES string of the molecule is N#CC1(NCC2CCCO2)CCc2cc(Cl)ccc21. The first kappa shape index (κ1) is 12.9. The van der Waals surface area contributed by atoms with E-state index in [1.165, 1.54) is 5.56 Å². The van der Waals surface area contributed by atoms with Gasteiger partial charge in [0.05, 0.1) is 12.2 Å². The van der Waals surface area contributed by atoms with Crippen LogP contribution in [0.2, 0.25) is 5.02 Å². The van der Waals surface area contributed by atoms with Gasteiger partial charge >= 0.3 is 0 Å². The van der Waals surface area contributed by atoms with E-state index in [0.29, 0.717) is 0 Å². The molecule has 3 rings (SSSR count).